The van der Waals surface area contributed by atoms with Crippen molar-refractivity contribution in [2.75, 3.05) is 45.9 Å². The highest BCUT2D eigenvalue weighted by molar-refractivity contribution is 7.89. The Hall–Kier alpha value is -3.02. The van der Waals surface area contributed by atoms with E-state index in [0.717, 1.165) is 28.5 Å². The molecule has 0 aliphatic carbocycles. The molecule has 3 aliphatic rings. The van der Waals surface area contributed by atoms with Crippen LogP contribution in [0.25, 0.3) is 10.8 Å². The Kier molecular flexibility index (Phi) is 6.47. The van der Waals surface area contributed by atoms with E-state index in [9.17, 15) is 22.8 Å². The predicted octanol–water partition coefficient (Wildman–Crippen LogP) is 1.04. The van der Waals surface area contributed by atoms with E-state index in [4.69, 9.17) is 0 Å². The monoisotopic (exact) mass is 499 g/mol. The van der Waals surface area contributed by atoms with Gasteiger partial charge in [-0.05, 0) is 35.7 Å². The third kappa shape index (κ3) is 4.75. The molecule has 5 rings (SSSR count). The number of nitrogens with zero attached hydrogens (tertiary/aromatic N) is 4. The first-order chi connectivity index (χ1) is 16.8. The summed E-state index contributed by atoms with van der Waals surface area (Å²) in [6.45, 7) is 2.77. The largest absolute Gasteiger partial charge is 0.343 e. The number of hydrogen-bond donors (Lipinski definition) is 1. The van der Waals surface area contributed by atoms with E-state index in [1.54, 1.807) is 23.1 Å². The zero-order chi connectivity index (χ0) is 24.6. The highest BCUT2D eigenvalue weighted by Gasteiger charge is 2.41. The van der Waals surface area contributed by atoms with Gasteiger partial charge in [-0.15, -0.1) is 0 Å². The fraction of sp³-hybridized carbons (Fsp3) is 0.458. The van der Waals surface area contributed by atoms with Gasteiger partial charge in [0.15, 0.2) is 0 Å². The number of rotatable bonds is 6. The van der Waals surface area contributed by atoms with Crippen LogP contribution < -0.4 is 5.32 Å². The van der Waals surface area contributed by atoms with Crippen LogP contribution in [0, 0.1) is 0 Å². The smallest absolute Gasteiger partial charge is 0.325 e. The molecule has 3 aliphatic heterocycles. The summed E-state index contributed by atoms with van der Waals surface area (Å²) in [6, 6.07) is 11.4. The first kappa shape index (κ1) is 23.7. The summed E-state index contributed by atoms with van der Waals surface area (Å²) in [4.78, 5) is 42.6. The van der Waals surface area contributed by atoms with Crippen LogP contribution in [0.5, 0.6) is 0 Å². The summed E-state index contributed by atoms with van der Waals surface area (Å²) in [6.07, 6.45) is 1.90. The highest BCUT2D eigenvalue weighted by atomic mass is 32.2. The molecule has 35 heavy (non-hydrogen) atoms. The minimum absolute atomic E-state index is 0.0289. The van der Waals surface area contributed by atoms with Crippen LogP contribution in [-0.4, -0.2) is 97.2 Å². The highest BCUT2D eigenvalue weighted by Crippen LogP contribution is 2.23. The number of carbonyl (C=O) groups excluding carboxylic acids is 3. The first-order valence-electron chi connectivity index (χ1n) is 11.9. The lowest BCUT2D eigenvalue weighted by Gasteiger charge is -2.35. The average molecular weight is 500 g/mol. The Morgan fingerprint density at radius 1 is 0.914 bits per heavy atom. The molecule has 11 heteroatoms. The van der Waals surface area contributed by atoms with Crippen molar-refractivity contribution in [3.8, 4) is 0 Å². The summed E-state index contributed by atoms with van der Waals surface area (Å²) in [5.74, 6) is -0.524. The Morgan fingerprint density at radius 2 is 1.60 bits per heavy atom. The van der Waals surface area contributed by atoms with Crippen LogP contribution in [0.4, 0.5) is 4.79 Å². The summed E-state index contributed by atoms with van der Waals surface area (Å²) in [5.41, 5.74) is 0. The number of likely N-dealkylation sites (tertiary alicyclic amines) is 1. The Morgan fingerprint density at radius 3 is 2.31 bits per heavy atom. The van der Waals surface area contributed by atoms with E-state index in [2.05, 4.69) is 5.32 Å². The zero-order valence-corrected chi connectivity index (χ0v) is 20.2. The number of benzene rings is 2. The van der Waals surface area contributed by atoms with Crippen LogP contribution in [0.1, 0.15) is 19.3 Å². The lowest BCUT2D eigenvalue weighted by atomic mass is 10.1. The third-order valence-corrected chi connectivity index (χ3v) is 8.87. The van der Waals surface area contributed by atoms with Gasteiger partial charge >= 0.3 is 6.03 Å². The van der Waals surface area contributed by atoms with Gasteiger partial charge in [-0.2, -0.15) is 4.31 Å². The lowest BCUT2D eigenvalue weighted by molar-refractivity contribution is -0.135. The second kappa shape index (κ2) is 9.56. The van der Waals surface area contributed by atoms with Gasteiger partial charge in [0.25, 0.3) is 5.91 Å². The number of sulfonamides is 1. The van der Waals surface area contributed by atoms with Crippen molar-refractivity contribution < 1.29 is 22.8 Å². The van der Waals surface area contributed by atoms with Gasteiger partial charge in [0.1, 0.15) is 6.04 Å². The number of carbonyl (C=O) groups is 3. The van der Waals surface area contributed by atoms with E-state index in [1.165, 1.54) is 4.31 Å². The quantitative estimate of drug-likeness (QED) is 0.595. The van der Waals surface area contributed by atoms with Crippen molar-refractivity contribution in [2.45, 2.75) is 30.2 Å². The van der Waals surface area contributed by atoms with Crippen molar-refractivity contribution in [3.63, 3.8) is 0 Å². The van der Waals surface area contributed by atoms with Gasteiger partial charge in [0.05, 0.1) is 18.0 Å². The van der Waals surface area contributed by atoms with Crippen LogP contribution in [0.2, 0.25) is 0 Å². The second-order valence-corrected chi connectivity index (χ2v) is 11.2. The van der Waals surface area contributed by atoms with Crippen LogP contribution in [-0.2, 0) is 19.6 Å². The van der Waals surface area contributed by atoms with Crippen molar-refractivity contribution >= 4 is 38.6 Å². The molecule has 0 bridgehead atoms. The van der Waals surface area contributed by atoms with E-state index >= 15 is 0 Å². The molecule has 0 saturated carbocycles. The van der Waals surface area contributed by atoms with Crippen molar-refractivity contribution in [3.05, 3.63) is 42.5 Å². The molecule has 3 saturated heterocycles. The molecule has 1 atom stereocenters. The summed E-state index contributed by atoms with van der Waals surface area (Å²) < 4.78 is 27.8. The van der Waals surface area contributed by atoms with Crippen LogP contribution >= 0.6 is 0 Å². The van der Waals surface area contributed by atoms with E-state index in [-0.39, 0.29) is 37.0 Å². The fourth-order valence-corrected chi connectivity index (χ4v) is 6.37. The number of piperazine rings is 1. The minimum atomic E-state index is -3.65. The first-order valence-corrected chi connectivity index (χ1v) is 13.4. The standard InChI is InChI=1S/C24H29N5O5S/c30-22(27-9-3-4-10-27)16-21-23(31)29(24(32)25-21)17-26-11-13-28(14-12-26)35(33,34)20-8-7-18-5-1-2-6-19(18)15-20/h1-2,5-8,15,21H,3-4,9-14,16-17H2,(H,25,32)/t21-/m1/s1. The van der Waals surface area contributed by atoms with Crippen molar-refractivity contribution in [2.24, 2.45) is 0 Å². The van der Waals surface area contributed by atoms with Gasteiger partial charge in [0, 0.05) is 39.3 Å². The molecule has 3 heterocycles. The molecule has 0 radical (unpaired) electrons. The maximum absolute atomic E-state index is 13.2. The number of hydrogen-bond acceptors (Lipinski definition) is 6. The van der Waals surface area contributed by atoms with Gasteiger partial charge in [-0.3, -0.25) is 14.5 Å². The van der Waals surface area contributed by atoms with E-state index in [1.807, 2.05) is 29.2 Å². The molecule has 0 aromatic heterocycles. The zero-order valence-electron chi connectivity index (χ0n) is 19.4. The molecule has 2 aromatic rings. The van der Waals surface area contributed by atoms with Crippen molar-refractivity contribution in [1.82, 2.24) is 24.3 Å². The fourth-order valence-electron chi connectivity index (χ4n) is 4.91. The molecule has 3 fully saturated rings. The summed E-state index contributed by atoms with van der Waals surface area (Å²) in [7, 11) is -3.65. The Bertz CT molecular complexity index is 1250. The van der Waals surface area contributed by atoms with Crippen LogP contribution in [0.15, 0.2) is 47.4 Å². The van der Waals surface area contributed by atoms with Crippen LogP contribution in [0.3, 0.4) is 0 Å². The maximum Gasteiger partial charge on any atom is 0.325 e. The maximum atomic E-state index is 13.2. The molecule has 0 unspecified atom stereocenters. The SMILES string of the molecule is O=C(C[C@H]1NC(=O)N(CN2CCN(S(=O)(=O)c3ccc4ccccc4c3)CC2)C1=O)N1CCCC1. The molecule has 10 nitrogen and oxygen atoms in total. The van der Waals surface area contributed by atoms with E-state index in [0.29, 0.717) is 26.2 Å². The van der Waals surface area contributed by atoms with Crippen molar-refractivity contribution in [1.29, 1.82) is 0 Å². The lowest BCUT2D eigenvalue weighted by Crippen LogP contribution is -2.52. The minimum Gasteiger partial charge on any atom is -0.343 e. The number of urea groups is 1. The molecule has 0 spiro atoms. The number of fused-ring (bicyclic) bond motifs is 1. The summed E-state index contributed by atoms with van der Waals surface area (Å²) in [5, 5.41) is 4.47. The van der Waals surface area contributed by atoms with Gasteiger partial charge in [-0.25, -0.2) is 18.1 Å². The van der Waals surface area contributed by atoms with E-state index < -0.39 is 28.0 Å². The second-order valence-electron chi connectivity index (χ2n) is 9.23. The third-order valence-electron chi connectivity index (χ3n) is 6.98. The summed E-state index contributed by atoms with van der Waals surface area (Å²) >= 11 is 0. The normalized spacial score (nSPS) is 22.2. The molecule has 186 valence electrons. The molecule has 1 N–H and O–H groups in total. The molecular weight excluding hydrogens is 470 g/mol. The Balaban J connectivity index is 1.17. The Labute approximate surface area is 204 Å². The van der Waals surface area contributed by atoms with Gasteiger partial charge in [0.2, 0.25) is 15.9 Å². The number of nitrogens with one attached hydrogen (secondary N) is 1. The predicted molar refractivity (Wildman–Crippen MR) is 129 cm³/mol. The average Bonchev–Trinajstić information content (AvgIpc) is 3.49. The van der Waals surface area contributed by atoms with Gasteiger partial charge < -0.3 is 10.2 Å². The molecule has 4 amide bonds. The number of imide groups is 1. The van der Waals surface area contributed by atoms with Gasteiger partial charge in [-0.1, -0.05) is 30.3 Å². The molecule has 2 aromatic carbocycles. The topological polar surface area (TPSA) is 110 Å². The number of amides is 4. The molecular formula is C24H29N5O5S.